The Morgan fingerprint density at radius 3 is 1.54 bits per heavy atom. The molecule has 0 radical (unpaired) electrons. The SMILES string of the molecule is Cc1ccccc1-c1cc(-c2ccc(-c3cccnc3)cc2)nc(-c2cc(-c3ccc4sc5ccccc5c4c3)cc(-c3ccc4sc5ccccc5c4c3)c2)n1. The van der Waals surface area contributed by atoms with Crippen molar-refractivity contribution in [3.8, 4) is 67.3 Å². The van der Waals surface area contributed by atoms with Gasteiger partial charge >= 0.3 is 0 Å². The summed E-state index contributed by atoms with van der Waals surface area (Å²) in [6.07, 6.45) is 3.70. The second-order valence-electron chi connectivity index (χ2n) is 14.5. The van der Waals surface area contributed by atoms with E-state index in [0.29, 0.717) is 5.82 Å². The van der Waals surface area contributed by atoms with Gasteiger partial charge in [-0.2, -0.15) is 0 Å². The zero-order valence-electron chi connectivity index (χ0n) is 31.0. The third kappa shape index (κ3) is 6.09. The van der Waals surface area contributed by atoms with E-state index in [-0.39, 0.29) is 0 Å². The fraction of sp³-hybridized carbons (Fsp3) is 0.0192. The fourth-order valence-corrected chi connectivity index (χ4v) is 10.2. The highest BCUT2D eigenvalue weighted by Crippen LogP contribution is 2.41. The molecule has 0 fully saturated rings. The summed E-state index contributed by atoms with van der Waals surface area (Å²) in [6.45, 7) is 2.15. The van der Waals surface area contributed by atoms with E-state index in [1.807, 2.05) is 34.9 Å². The van der Waals surface area contributed by atoms with Crippen molar-refractivity contribution in [1.29, 1.82) is 0 Å². The summed E-state index contributed by atoms with van der Waals surface area (Å²) in [6, 6.07) is 61.3. The summed E-state index contributed by atoms with van der Waals surface area (Å²) in [7, 11) is 0. The van der Waals surface area contributed by atoms with Gasteiger partial charge in [-0.1, -0.05) is 103 Å². The molecule has 5 heteroatoms. The van der Waals surface area contributed by atoms with E-state index in [1.54, 1.807) is 6.20 Å². The fourth-order valence-electron chi connectivity index (χ4n) is 7.99. The van der Waals surface area contributed by atoms with Crippen molar-refractivity contribution in [1.82, 2.24) is 15.0 Å². The molecule has 0 unspecified atom stereocenters. The van der Waals surface area contributed by atoms with Crippen LogP contribution in [0.15, 0.2) is 182 Å². The second kappa shape index (κ2) is 13.7. The molecule has 4 aromatic heterocycles. The Morgan fingerprint density at radius 2 is 0.912 bits per heavy atom. The lowest BCUT2D eigenvalue weighted by Crippen LogP contribution is -1.98. The maximum Gasteiger partial charge on any atom is 0.160 e. The van der Waals surface area contributed by atoms with Gasteiger partial charge in [0.15, 0.2) is 5.82 Å². The van der Waals surface area contributed by atoms with E-state index < -0.39 is 0 Å². The van der Waals surface area contributed by atoms with Crippen LogP contribution < -0.4 is 0 Å². The van der Waals surface area contributed by atoms with Crippen LogP contribution in [0.1, 0.15) is 5.56 Å². The molecule has 4 heterocycles. The van der Waals surface area contributed by atoms with Gasteiger partial charge in [-0.05, 0) is 113 Å². The monoisotopic (exact) mass is 763 g/mol. The lowest BCUT2D eigenvalue weighted by Gasteiger charge is -2.14. The van der Waals surface area contributed by atoms with Crippen LogP contribution >= 0.6 is 22.7 Å². The Balaban J connectivity index is 1.12. The Kier molecular flexibility index (Phi) is 8.09. The molecule has 0 bridgehead atoms. The van der Waals surface area contributed by atoms with Crippen LogP contribution in [0.5, 0.6) is 0 Å². The number of pyridine rings is 1. The lowest BCUT2D eigenvalue weighted by molar-refractivity contribution is 1.18. The van der Waals surface area contributed by atoms with Crippen molar-refractivity contribution in [2.75, 3.05) is 0 Å². The Hall–Kier alpha value is -6.79. The first kappa shape index (κ1) is 33.5. The highest BCUT2D eigenvalue weighted by Gasteiger charge is 2.17. The largest absolute Gasteiger partial charge is 0.264 e. The van der Waals surface area contributed by atoms with Gasteiger partial charge in [-0.25, -0.2) is 9.97 Å². The first-order chi connectivity index (χ1) is 28.1. The minimum absolute atomic E-state index is 0.689. The molecular weight excluding hydrogens is 731 g/mol. The molecule has 7 aromatic carbocycles. The Bertz CT molecular complexity index is 3170. The molecule has 0 spiro atoms. The smallest absolute Gasteiger partial charge is 0.160 e. The summed E-state index contributed by atoms with van der Waals surface area (Å²) >= 11 is 3.69. The number of aryl methyl sites for hydroxylation is 1. The van der Waals surface area contributed by atoms with Gasteiger partial charge in [0.1, 0.15) is 0 Å². The number of rotatable bonds is 6. The quantitative estimate of drug-likeness (QED) is 0.169. The van der Waals surface area contributed by atoms with Crippen molar-refractivity contribution in [2.45, 2.75) is 6.92 Å². The average Bonchev–Trinajstić information content (AvgIpc) is 3.84. The molecule has 0 aliphatic carbocycles. The van der Waals surface area contributed by atoms with E-state index >= 15 is 0 Å². The van der Waals surface area contributed by atoms with Crippen LogP contribution in [-0.4, -0.2) is 15.0 Å². The molecule has 3 nitrogen and oxygen atoms in total. The van der Waals surface area contributed by atoms with Crippen LogP contribution in [-0.2, 0) is 0 Å². The number of nitrogens with zero attached hydrogens (tertiary/aromatic N) is 3. The van der Waals surface area contributed by atoms with Crippen LogP contribution in [0.3, 0.4) is 0 Å². The molecule has 0 aliphatic rings. The summed E-state index contributed by atoms with van der Waals surface area (Å²) in [4.78, 5) is 15.0. The van der Waals surface area contributed by atoms with Gasteiger partial charge in [0, 0.05) is 69.4 Å². The molecule has 0 aliphatic heterocycles. The first-order valence-corrected chi connectivity index (χ1v) is 20.7. The molecule has 0 atom stereocenters. The maximum atomic E-state index is 5.35. The van der Waals surface area contributed by atoms with Crippen molar-refractivity contribution in [3.63, 3.8) is 0 Å². The van der Waals surface area contributed by atoms with Gasteiger partial charge < -0.3 is 0 Å². The third-order valence-electron chi connectivity index (χ3n) is 10.9. The second-order valence-corrected chi connectivity index (χ2v) is 16.7. The zero-order chi connectivity index (χ0) is 37.9. The van der Waals surface area contributed by atoms with E-state index in [9.17, 15) is 0 Å². The molecule has 0 amide bonds. The predicted octanol–water partition coefficient (Wildman–Crippen LogP) is 14.9. The summed E-state index contributed by atoms with van der Waals surface area (Å²) in [5, 5.41) is 5.14. The number of fused-ring (bicyclic) bond motifs is 6. The predicted molar refractivity (Wildman–Crippen MR) is 243 cm³/mol. The average molecular weight is 764 g/mol. The molecule has 11 aromatic rings. The molecule has 268 valence electrons. The number of hydrogen-bond acceptors (Lipinski definition) is 5. The molecule has 0 saturated carbocycles. The minimum Gasteiger partial charge on any atom is -0.264 e. The van der Waals surface area contributed by atoms with Crippen molar-refractivity contribution in [2.24, 2.45) is 0 Å². The number of thiophene rings is 2. The summed E-state index contributed by atoms with van der Waals surface area (Å²) < 4.78 is 5.19. The van der Waals surface area contributed by atoms with E-state index in [2.05, 4.69) is 176 Å². The van der Waals surface area contributed by atoms with Crippen molar-refractivity contribution in [3.05, 3.63) is 188 Å². The van der Waals surface area contributed by atoms with Crippen LogP contribution in [0, 0.1) is 6.92 Å². The van der Waals surface area contributed by atoms with Gasteiger partial charge in [0.25, 0.3) is 0 Å². The molecular formula is C52H33N3S2. The minimum atomic E-state index is 0.689. The molecule has 0 saturated heterocycles. The van der Waals surface area contributed by atoms with Crippen LogP contribution in [0.2, 0.25) is 0 Å². The van der Waals surface area contributed by atoms with E-state index in [4.69, 9.17) is 9.97 Å². The van der Waals surface area contributed by atoms with Crippen LogP contribution in [0.4, 0.5) is 0 Å². The molecule has 11 rings (SSSR count). The highest BCUT2D eigenvalue weighted by atomic mass is 32.1. The van der Waals surface area contributed by atoms with Gasteiger partial charge in [0.2, 0.25) is 0 Å². The third-order valence-corrected chi connectivity index (χ3v) is 13.2. The maximum absolute atomic E-state index is 5.35. The summed E-state index contributed by atoms with van der Waals surface area (Å²) in [5.41, 5.74) is 12.8. The van der Waals surface area contributed by atoms with Crippen molar-refractivity contribution >= 4 is 63.0 Å². The van der Waals surface area contributed by atoms with Gasteiger partial charge in [-0.15, -0.1) is 22.7 Å². The number of benzene rings is 7. The topological polar surface area (TPSA) is 38.7 Å². The van der Waals surface area contributed by atoms with Crippen molar-refractivity contribution < 1.29 is 0 Å². The zero-order valence-corrected chi connectivity index (χ0v) is 32.6. The standard InChI is InChI=1S/C52H33N3S2/c1-32-9-2-3-11-41(32)47-30-46(34-18-16-33(17-19-34)37-10-8-24-53-31-37)54-52(55-47)40-26-38(35-20-22-50-44(28-35)42-12-4-6-14-48(42)56-50)25-39(27-40)36-21-23-51-45(29-36)43-13-5-7-15-49(43)57-51/h2-31H,1H3. The van der Waals surface area contributed by atoms with Crippen LogP contribution in [0.25, 0.3) is 108 Å². The lowest BCUT2D eigenvalue weighted by atomic mass is 9.94. The normalized spacial score (nSPS) is 11.6. The van der Waals surface area contributed by atoms with Gasteiger partial charge in [0.05, 0.1) is 11.4 Å². The van der Waals surface area contributed by atoms with E-state index in [0.717, 1.165) is 61.5 Å². The molecule has 57 heavy (non-hydrogen) atoms. The highest BCUT2D eigenvalue weighted by molar-refractivity contribution is 7.26. The number of aromatic nitrogens is 3. The Morgan fingerprint density at radius 1 is 0.368 bits per heavy atom. The van der Waals surface area contributed by atoms with Gasteiger partial charge in [-0.3, -0.25) is 4.98 Å². The first-order valence-electron chi connectivity index (χ1n) is 19.1. The van der Waals surface area contributed by atoms with E-state index in [1.165, 1.54) is 45.9 Å². The summed E-state index contributed by atoms with van der Waals surface area (Å²) in [5.74, 6) is 0.689. The Labute approximate surface area is 338 Å². The number of hydrogen-bond donors (Lipinski definition) is 0. The molecule has 0 N–H and O–H groups in total.